The first-order valence-electron chi connectivity index (χ1n) is 12.6. The predicted octanol–water partition coefficient (Wildman–Crippen LogP) is 4.68. The first-order valence-corrected chi connectivity index (χ1v) is 12.6. The summed E-state index contributed by atoms with van der Waals surface area (Å²) in [5, 5.41) is 6.56. The Bertz CT molecular complexity index is 644. The monoisotopic (exact) mass is 451 g/mol. The number of urea groups is 1. The van der Waals surface area contributed by atoms with Gasteiger partial charge in [0.05, 0.1) is 6.61 Å². The first kappa shape index (κ1) is 26.6. The summed E-state index contributed by atoms with van der Waals surface area (Å²) >= 11 is 0. The fourth-order valence-corrected chi connectivity index (χ4v) is 5.55. The lowest BCUT2D eigenvalue weighted by molar-refractivity contribution is -0.144. The van der Waals surface area contributed by atoms with Crippen molar-refractivity contribution in [2.45, 2.75) is 128 Å². The minimum Gasteiger partial charge on any atom is -0.466 e. The molecular formula is C25H45N3O4. The largest absolute Gasteiger partial charge is 0.466 e. The second kappa shape index (κ2) is 11.5. The second-order valence-corrected chi connectivity index (χ2v) is 11.0. The van der Waals surface area contributed by atoms with Crippen LogP contribution in [0.1, 0.15) is 112 Å². The lowest BCUT2D eigenvalue weighted by Gasteiger charge is -2.50. The zero-order valence-electron chi connectivity index (χ0n) is 21.0. The van der Waals surface area contributed by atoms with E-state index in [1.807, 2.05) is 0 Å². The molecule has 0 bridgehead atoms. The molecule has 2 N–H and O–H groups in total. The summed E-state index contributed by atoms with van der Waals surface area (Å²) in [6, 6.07) is -0.306. The molecule has 0 aromatic heterocycles. The standard InChI is InChI=1S/C25H45N3O4/c1-6-7-8-9-10-11-12-15-20(29)32-17-14-13-16-28-21(30)25(26-22(28)31)18-23(2,3)27-24(4,5)19-25/h27H,6-19H2,1-5H3,(H,26,31). The van der Waals surface area contributed by atoms with Crippen LogP contribution in [0.25, 0.3) is 0 Å². The van der Waals surface area contributed by atoms with Gasteiger partial charge < -0.3 is 15.4 Å². The lowest BCUT2D eigenvalue weighted by Crippen LogP contribution is -2.68. The molecule has 0 aliphatic carbocycles. The van der Waals surface area contributed by atoms with Gasteiger partial charge in [-0.15, -0.1) is 0 Å². The summed E-state index contributed by atoms with van der Waals surface area (Å²) in [5.74, 6) is -0.271. The summed E-state index contributed by atoms with van der Waals surface area (Å²) < 4.78 is 5.32. The Hall–Kier alpha value is -1.63. The Labute approximate surface area is 194 Å². The van der Waals surface area contributed by atoms with Crippen molar-refractivity contribution in [2.24, 2.45) is 0 Å². The summed E-state index contributed by atoms with van der Waals surface area (Å²) in [7, 11) is 0. The molecule has 3 amide bonds. The van der Waals surface area contributed by atoms with Gasteiger partial charge in [-0.3, -0.25) is 14.5 Å². The first-order chi connectivity index (χ1) is 15.0. The van der Waals surface area contributed by atoms with E-state index in [1.54, 1.807) is 0 Å². The molecule has 7 heteroatoms. The number of unbranched alkanes of at least 4 members (excludes halogenated alkanes) is 7. The molecule has 184 valence electrons. The second-order valence-electron chi connectivity index (χ2n) is 11.0. The molecule has 2 fully saturated rings. The number of amides is 3. The van der Waals surface area contributed by atoms with Crippen molar-refractivity contribution in [3.05, 3.63) is 0 Å². The number of piperidine rings is 1. The number of rotatable bonds is 13. The van der Waals surface area contributed by atoms with Crippen molar-refractivity contribution in [1.82, 2.24) is 15.5 Å². The third kappa shape index (κ3) is 7.75. The van der Waals surface area contributed by atoms with Crippen LogP contribution in [0.5, 0.6) is 0 Å². The molecule has 0 aromatic rings. The molecular weight excluding hydrogens is 406 g/mol. The van der Waals surface area contributed by atoms with Crippen molar-refractivity contribution >= 4 is 17.9 Å². The van der Waals surface area contributed by atoms with Crippen LogP contribution in [-0.2, 0) is 14.3 Å². The zero-order valence-corrected chi connectivity index (χ0v) is 21.0. The van der Waals surface area contributed by atoms with E-state index in [0.717, 1.165) is 12.8 Å². The molecule has 0 aromatic carbocycles. The quantitative estimate of drug-likeness (QED) is 0.241. The van der Waals surface area contributed by atoms with E-state index >= 15 is 0 Å². The number of hydrogen-bond donors (Lipinski definition) is 2. The fourth-order valence-electron chi connectivity index (χ4n) is 5.55. The zero-order chi connectivity index (χ0) is 23.8. The number of esters is 1. The van der Waals surface area contributed by atoms with Crippen LogP contribution < -0.4 is 10.6 Å². The van der Waals surface area contributed by atoms with Gasteiger partial charge in [0.1, 0.15) is 5.54 Å². The Morgan fingerprint density at radius 2 is 1.50 bits per heavy atom. The summed E-state index contributed by atoms with van der Waals surface area (Å²) in [4.78, 5) is 39.0. The maximum atomic E-state index is 13.2. The van der Waals surface area contributed by atoms with E-state index in [9.17, 15) is 14.4 Å². The van der Waals surface area contributed by atoms with Crippen LogP contribution in [0.2, 0.25) is 0 Å². The molecule has 1 spiro atoms. The average Bonchev–Trinajstić information content (AvgIpc) is 2.87. The van der Waals surface area contributed by atoms with Crippen molar-refractivity contribution in [1.29, 1.82) is 0 Å². The van der Waals surface area contributed by atoms with Gasteiger partial charge in [-0.1, -0.05) is 45.4 Å². The highest BCUT2D eigenvalue weighted by Gasteiger charge is 2.58. The van der Waals surface area contributed by atoms with E-state index < -0.39 is 5.54 Å². The topological polar surface area (TPSA) is 87.7 Å². The van der Waals surface area contributed by atoms with E-state index in [2.05, 4.69) is 45.3 Å². The molecule has 0 unspecified atom stereocenters. The van der Waals surface area contributed by atoms with Gasteiger partial charge in [0.25, 0.3) is 5.91 Å². The van der Waals surface area contributed by atoms with E-state index in [-0.39, 0.29) is 29.0 Å². The van der Waals surface area contributed by atoms with Crippen LogP contribution >= 0.6 is 0 Å². The highest BCUT2D eigenvalue weighted by atomic mass is 16.5. The number of nitrogens with zero attached hydrogens (tertiary/aromatic N) is 1. The average molecular weight is 452 g/mol. The van der Waals surface area contributed by atoms with Gasteiger partial charge in [0.2, 0.25) is 0 Å². The molecule has 2 rings (SSSR count). The number of imide groups is 1. The van der Waals surface area contributed by atoms with Crippen LogP contribution in [0.3, 0.4) is 0 Å². The summed E-state index contributed by atoms with van der Waals surface area (Å²) in [5.41, 5.74) is -1.33. The van der Waals surface area contributed by atoms with Crippen LogP contribution in [0.4, 0.5) is 4.79 Å². The summed E-state index contributed by atoms with van der Waals surface area (Å²) in [6.45, 7) is 11.2. The van der Waals surface area contributed by atoms with Crippen molar-refractivity contribution in [3.63, 3.8) is 0 Å². The van der Waals surface area contributed by atoms with Crippen LogP contribution in [-0.4, -0.2) is 52.6 Å². The highest BCUT2D eigenvalue weighted by Crippen LogP contribution is 2.39. The van der Waals surface area contributed by atoms with E-state index in [0.29, 0.717) is 45.3 Å². The van der Waals surface area contributed by atoms with Gasteiger partial charge in [0.15, 0.2) is 0 Å². The Morgan fingerprint density at radius 1 is 0.906 bits per heavy atom. The van der Waals surface area contributed by atoms with Crippen molar-refractivity contribution < 1.29 is 19.1 Å². The van der Waals surface area contributed by atoms with Gasteiger partial charge >= 0.3 is 12.0 Å². The van der Waals surface area contributed by atoms with Gasteiger partial charge in [-0.2, -0.15) is 0 Å². The highest BCUT2D eigenvalue weighted by molar-refractivity contribution is 6.07. The molecule has 2 aliphatic heterocycles. The minimum atomic E-state index is -0.835. The maximum Gasteiger partial charge on any atom is 0.325 e. The van der Waals surface area contributed by atoms with Crippen molar-refractivity contribution in [2.75, 3.05) is 13.2 Å². The molecule has 2 heterocycles. The Balaban J connectivity index is 1.66. The van der Waals surface area contributed by atoms with Gasteiger partial charge in [-0.05, 0) is 59.8 Å². The lowest BCUT2D eigenvalue weighted by atomic mass is 9.71. The molecule has 2 saturated heterocycles. The third-order valence-electron chi connectivity index (χ3n) is 6.43. The Morgan fingerprint density at radius 3 is 2.12 bits per heavy atom. The van der Waals surface area contributed by atoms with Crippen molar-refractivity contribution in [3.8, 4) is 0 Å². The summed E-state index contributed by atoms with van der Waals surface area (Å²) in [6.07, 6.45) is 11.1. The van der Waals surface area contributed by atoms with Gasteiger partial charge in [0, 0.05) is 24.0 Å². The van der Waals surface area contributed by atoms with Gasteiger partial charge in [-0.25, -0.2) is 4.79 Å². The van der Waals surface area contributed by atoms with E-state index in [4.69, 9.17) is 4.74 Å². The number of hydrogen-bond acceptors (Lipinski definition) is 5. The number of nitrogens with one attached hydrogen (secondary N) is 2. The molecule has 2 aliphatic rings. The molecule has 0 radical (unpaired) electrons. The SMILES string of the molecule is CCCCCCCCCC(=O)OCCCCN1C(=O)NC2(CC(C)(C)NC(C)(C)C2)C1=O. The molecule has 0 saturated carbocycles. The van der Waals surface area contributed by atoms with Crippen LogP contribution in [0.15, 0.2) is 0 Å². The number of carbonyl (C=O) groups is 3. The number of ether oxygens (including phenoxy) is 1. The molecule has 7 nitrogen and oxygen atoms in total. The minimum absolute atomic E-state index is 0.124. The molecule has 32 heavy (non-hydrogen) atoms. The third-order valence-corrected chi connectivity index (χ3v) is 6.43. The fraction of sp³-hybridized carbons (Fsp3) is 0.880. The smallest absolute Gasteiger partial charge is 0.325 e. The predicted molar refractivity (Wildman–Crippen MR) is 126 cm³/mol. The Kier molecular flexibility index (Phi) is 9.55. The maximum absolute atomic E-state index is 13.2. The number of carbonyl (C=O) groups excluding carboxylic acids is 3. The van der Waals surface area contributed by atoms with Crippen LogP contribution in [0, 0.1) is 0 Å². The normalized spacial score (nSPS) is 21.1. The molecule has 0 atom stereocenters. The van der Waals surface area contributed by atoms with E-state index in [1.165, 1.54) is 37.0 Å².